The number of aliphatic hydroxyl groups excluding tert-OH is 1. The minimum Gasteiger partial charge on any atom is -0.497 e. The van der Waals surface area contributed by atoms with Crippen molar-refractivity contribution in [2.75, 3.05) is 33.9 Å². The van der Waals surface area contributed by atoms with Gasteiger partial charge in [0.15, 0.2) is 0 Å². The maximum atomic E-state index is 10.5. The van der Waals surface area contributed by atoms with Gasteiger partial charge in [-0.2, -0.15) is 0 Å². The lowest BCUT2D eigenvalue weighted by Gasteiger charge is -2.22. The fourth-order valence-corrected chi connectivity index (χ4v) is 3.86. The highest BCUT2D eigenvalue weighted by Crippen LogP contribution is 2.29. The Labute approximate surface area is 217 Å². The van der Waals surface area contributed by atoms with Crippen molar-refractivity contribution in [1.29, 1.82) is 0 Å². The highest BCUT2D eigenvalue weighted by Gasteiger charge is 2.17. The maximum absolute atomic E-state index is 10.5. The first-order chi connectivity index (χ1) is 17.8. The van der Waals surface area contributed by atoms with Crippen molar-refractivity contribution in [2.24, 2.45) is 0 Å². The molecule has 0 aromatic heterocycles. The molecule has 1 aliphatic carbocycles. The predicted molar refractivity (Wildman–Crippen MR) is 139 cm³/mol. The molecule has 0 saturated heterocycles. The summed E-state index contributed by atoms with van der Waals surface area (Å²) in [5.74, 6) is -2.05. The molecule has 0 aliphatic heterocycles. The van der Waals surface area contributed by atoms with Crippen molar-refractivity contribution in [3.05, 3.63) is 71.3 Å². The molecule has 0 fully saturated rings. The van der Waals surface area contributed by atoms with Crippen LogP contribution < -0.4 is 14.8 Å². The van der Waals surface area contributed by atoms with Gasteiger partial charge >= 0.3 is 11.9 Å². The number of carboxylic acids is 2. The summed E-state index contributed by atoms with van der Waals surface area (Å²) >= 11 is 0. The largest absolute Gasteiger partial charge is 0.497 e. The number of hydrogen-bond donors (Lipinski definition) is 4. The number of allylic oxidation sites excluding steroid dienone is 1. The summed E-state index contributed by atoms with van der Waals surface area (Å²) in [6, 6.07) is 15.7. The van der Waals surface area contributed by atoms with E-state index in [2.05, 4.69) is 11.4 Å². The Morgan fingerprint density at radius 1 is 0.892 bits per heavy atom. The molecule has 9 nitrogen and oxygen atoms in total. The topological polar surface area (TPSA) is 135 Å². The molecular weight excluding hydrogens is 478 g/mol. The Morgan fingerprint density at radius 2 is 1.43 bits per heavy atom. The highest BCUT2D eigenvalue weighted by atomic mass is 16.5. The van der Waals surface area contributed by atoms with Crippen LogP contribution in [0.15, 0.2) is 60.2 Å². The first-order valence-electron chi connectivity index (χ1n) is 12.3. The average Bonchev–Trinajstić information content (AvgIpc) is 2.93. The van der Waals surface area contributed by atoms with E-state index in [4.69, 9.17) is 34.0 Å². The van der Waals surface area contributed by atoms with Crippen LogP contribution in [0.4, 0.5) is 0 Å². The summed E-state index contributed by atoms with van der Waals surface area (Å²) in [4.78, 5) is 18.2. The number of carboxylic acid groups (broad SMARTS) is 2. The van der Waals surface area contributed by atoms with Crippen LogP contribution in [0.5, 0.6) is 11.5 Å². The van der Waals surface area contributed by atoms with Gasteiger partial charge < -0.3 is 34.8 Å². The van der Waals surface area contributed by atoms with Gasteiger partial charge in [0.1, 0.15) is 17.6 Å². The second-order valence-corrected chi connectivity index (χ2v) is 8.59. The number of aliphatic hydroxyl groups is 1. The van der Waals surface area contributed by atoms with Crippen LogP contribution in [0.25, 0.3) is 0 Å². The molecule has 1 aliphatic rings. The van der Waals surface area contributed by atoms with Crippen molar-refractivity contribution in [2.45, 2.75) is 44.3 Å². The molecule has 0 amide bonds. The third-order valence-corrected chi connectivity index (χ3v) is 5.86. The van der Waals surface area contributed by atoms with Gasteiger partial charge in [0, 0.05) is 6.54 Å². The van der Waals surface area contributed by atoms with Gasteiger partial charge in [0.25, 0.3) is 0 Å². The Morgan fingerprint density at radius 3 is 1.86 bits per heavy atom. The third-order valence-electron chi connectivity index (χ3n) is 5.86. The average molecular weight is 516 g/mol. The highest BCUT2D eigenvalue weighted by molar-refractivity contribution is 6.27. The lowest BCUT2D eigenvalue weighted by atomic mass is 9.97. The van der Waals surface area contributed by atoms with E-state index >= 15 is 0 Å². The van der Waals surface area contributed by atoms with Crippen LogP contribution in [-0.2, 0) is 14.3 Å². The Balaban J connectivity index is 0.000000717. The lowest BCUT2D eigenvalue weighted by Crippen LogP contribution is -2.31. The van der Waals surface area contributed by atoms with E-state index in [9.17, 15) is 5.11 Å². The van der Waals surface area contributed by atoms with Gasteiger partial charge in [0.2, 0.25) is 0 Å². The molecule has 3 rings (SSSR count). The second kappa shape index (κ2) is 16.4. The molecule has 0 saturated carbocycles. The maximum Gasteiger partial charge on any atom is 0.414 e. The number of hydrogen-bond acceptors (Lipinski definition) is 7. The normalized spacial score (nSPS) is 13.7. The van der Waals surface area contributed by atoms with Gasteiger partial charge in [-0.15, -0.1) is 0 Å². The summed E-state index contributed by atoms with van der Waals surface area (Å²) in [6.45, 7) is 1.66. The number of carbonyl (C=O) groups is 2. The smallest absolute Gasteiger partial charge is 0.414 e. The zero-order valence-electron chi connectivity index (χ0n) is 21.4. The zero-order valence-corrected chi connectivity index (χ0v) is 21.4. The Bertz CT molecular complexity index is 929. The summed E-state index contributed by atoms with van der Waals surface area (Å²) in [7, 11) is 3.31. The predicted octanol–water partition coefficient (Wildman–Crippen LogP) is 3.81. The first kappa shape index (κ1) is 29.8. The molecule has 4 N–H and O–H groups in total. The SMILES string of the molecule is COc1ccc(C(OCC(O)CNCCC2=CCCCC2)c2ccc(OC)cc2)cc1.O=C(O)C(=O)O. The molecule has 2 aromatic rings. The fraction of sp³-hybridized carbons (Fsp3) is 0.429. The molecule has 202 valence electrons. The quantitative estimate of drug-likeness (QED) is 0.189. The summed E-state index contributed by atoms with van der Waals surface area (Å²) in [5, 5.41) is 28.6. The van der Waals surface area contributed by atoms with Crippen LogP contribution in [0.2, 0.25) is 0 Å². The fourth-order valence-electron chi connectivity index (χ4n) is 3.86. The van der Waals surface area contributed by atoms with E-state index in [0.29, 0.717) is 6.54 Å². The van der Waals surface area contributed by atoms with Gasteiger partial charge in [-0.1, -0.05) is 35.9 Å². The molecular formula is C28H37NO8. The first-order valence-corrected chi connectivity index (χ1v) is 12.3. The van der Waals surface area contributed by atoms with Gasteiger partial charge in [-0.05, 0) is 74.0 Å². The number of rotatable bonds is 12. The minimum atomic E-state index is -1.82. The molecule has 37 heavy (non-hydrogen) atoms. The summed E-state index contributed by atoms with van der Waals surface area (Å²) in [5.41, 5.74) is 3.56. The van der Waals surface area contributed by atoms with Crippen LogP contribution in [0.1, 0.15) is 49.3 Å². The van der Waals surface area contributed by atoms with E-state index in [1.165, 1.54) is 25.7 Å². The van der Waals surface area contributed by atoms with Crippen molar-refractivity contribution < 1.29 is 39.1 Å². The number of benzene rings is 2. The van der Waals surface area contributed by atoms with E-state index in [1.807, 2.05) is 48.5 Å². The van der Waals surface area contributed by atoms with E-state index in [-0.39, 0.29) is 12.7 Å². The van der Waals surface area contributed by atoms with Crippen LogP contribution in [0, 0.1) is 0 Å². The lowest BCUT2D eigenvalue weighted by molar-refractivity contribution is -0.159. The van der Waals surface area contributed by atoms with E-state index in [0.717, 1.165) is 35.6 Å². The van der Waals surface area contributed by atoms with Crippen molar-refractivity contribution >= 4 is 11.9 Å². The van der Waals surface area contributed by atoms with Crippen LogP contribution in [-0.4, -0.2) is 67.3 Å². The van der Waals surface area contributed by atoms with Crippen LogP contribution >= 0.6 is 0 Å². The monoisotopic (exact) mass is 515 g/mol. The zero-order chi connectivity index (χ0) is 27.0. The Kier molecular flexibility index (Phi) is 13.2. The van der Waals surface area contributed by atoms with Gasteiger partial charge in [-0.25, -0.2) is 9.59 Å². The van der Waals surface area contributed by atoms with E-state index < -0.39 is 18.0 Å². The molecule has 0 heterocycles. The summed E-state index contributed by atoms with van der Waals surface area (Å²) in [6.07, 6.45) is 7.64. The van der Waals surface area contributed by atoms with Crippen molar-refractivity contribution in [3.8, 4) is 11.5 Å². The van der Waals surface area contributed by atoms with Crippen LogP contribution in [0.3, 0.4) is 0 Å². The second-order valence-electron chi connectivity index (χ2n) is 8.59. The van der Waals surface area contributed by atoms with Gasteiger partial charge in [0.05, 0.1) is 26.9 Å². The number of nitrogens with one attached hydrogen (secondary N) is 1. The third kappa shape index (κ3) is 11.0. The number of ether oxygens (including phenoxy) is 3. The minimum absolute atomic E-state index is 0.248. The molecule has 1 unspecified atom stereocenters. The molecule has 0 radical (unpaired) electrons. The molecule has 0 bridgehead atoms. The molecule has 0 spiro atoms. The van der Waals surface area contributed by atoms with Gasteiger partial charge in [-0.3, -0.25) is 0 Å². The molecule has 1 atom stereocenters. The molecule has 9 heteroatoms. The van der Waals surface area contributed by atoms with E-state index in [1.54, 1.807) is 19.8 Å². The van der Waals surface area contributed by atoms with Crippen molar-refractivity contribution in [3.63, 3.8) is 0 Å². The Hall–Kier alpha value is -3.40. The standard InChI is InChI=1S/C26H35NO4.C2H2O4/c1-29-24-12-8-21(9-13-24)26(22-10-14-25(30-2)15-11-22)31-19-23(28)18-27-17-16-20-6-4-3-5-7-20;3-1(4)2(5)6/h6,8-15,23,26-28H,3-5,7,16-19H2,1-2H3;(H,3,4)(H,5,6). The molecule has 2 aromatic carbocycles. The number of methoxy groups -OCH3 is 2. The number of aliphatic carboxylic acids is 2. The van der Waals surface area contributed by atoms with Crippen molar-refractivity contribution in [1.82, 2.24) is 5.32 Å². The summed E-state index contributed by atoms with van der Waals surface area (Å²) < 4.78 is 16.7.